The molecule has 1 rings (SSSR count). The van der Waals surface area contributed by atoms with Crippen LogP contribution in [-0.4, -0.2) is 57.8 Å². The maximum atomic E-state index is 12.2. The van der Waals surface area contributed by atoms with Gasteiger partial charge in [0.15, 0.2) is 0 Å². The Morgan fingerprint density at radius 3 is 2.35 bits per heavy atom. The zero-order valence-electron chi connectivity index (χ0n) is 11.9. The van der Waals surface area contributed by atoms with Crippen LogP contribution in [0.2, 0.25) is 0 Å². The molecule has 1 atom stereocenters. The first kappa shape index (κ1) is 16.9. The number of sulfonamides is 1. The number of aliphatic hydroxyl groups is 1. The summed E-state index contributed by atoms with van der Waals surface area (Å²) in [5, 5.41) is 9.26. The minimum atomic E-state index is -3.58. The van der Waals surface area contributed by atoms with Gasteiger partial charge in [-0.2, -0.15) is 4.31 Å². The van der Waals surface area contributed by atoms with Crippen molar-refractivity contribution in [3.05, 3.63) is 24.3 Å². The Hall–Kier alpha value is -1.15. The number of ether oxygens (including phenoxy) is 2. The molecule has 1 N–H and O–H groups in total. The van der Waals surface area contributed by atoms with Crippen molar-refractivity contribution in [2.24, 2.45) is 0 Å². The molecule has 6 nitrogen and oxygen atoms in total. The fourth-order valence-corrected chi connectivity index (χ4v) is 2.85. The van der Waals surface area contributed by atoms with Crippen molar-refractivity contribution in [1.29, 1.82) is 0 Å². The van der Waals surface area contributed by atoms with E-state index >= 15 is 0 Å². The highest BCUT2D eigenvalue weighted by Crippen LogP contribution is 2.19. The summed E-state index contributed by atoms with van der Waals surface area (Å²) in [7, 11) is -0.567. The van der Waals surface area contributed by atoms with Gasteiger partial charge in [0, 0.05) is 20.7 Å². The minimum Gasteiger partial charge on any atom is -0.491 e. The predicted octanol–water partition coefficient (Wildman–Crippen LogP) is 0.713. The summed E-state index contributed by atoms with van der Waals surface area (Å²) in [5.41, 5.74) is 0. The first-order valence-electron chi connectivity index (χ1n) is 6.24. The zero-order chi connectivity index (χ0) is 15.2. The van der Waals surface area contributed by atoms with E-state index in [1.807, 2.05) is 0 Å². The lowest BCUT2D eigenvalue weighted by atomic mass is 10.3. The number of rotatable bonds is 8. The standard InChI is InChI=1S/C13H21NO5S/c1-11(15)10-14(2)20(16,17)13-6-4-12(5-7-13)19-9-8-18-3/h4-7,11,15H,8-10H2,1-3H3. The van der Waals surface area contributed by atoms with Crippen LogP contribution in [0.4, 0.5) is 0 Å². The largest absolute Gasteiger partial charge is 0.491 e. The Morgan fingerprint density at radius 2 is 1.85 bits per heavy atom. The van der Waals surface area contributed by atoms with E-state index in [0.717, 1.165) is 4.31 Å². The highest BCUT2D eigenvalue weighted by atomic mass is 32.2. The molecule has 0 aliphatic carbocycles. The average Bonchev–Trinajstić information content (AvgIpc) is 2.39. The van der Waals surface area contributed by atoms with E-state index in [4.69, 9.17) is 9.47 Å². The van der Waals surface area contributed by atoms with Crippen LogP contribution in [0.1, 0.15) is 6.92 Å². The van der Waals surface area contributed by atoms with Crippen LogP contribution in [-0.2, 0) is 14.8 Å². The number of hydrogen-bond acceptors (Lipinski definition) is 5. The van der Waals surface area contributed by atoms with E-state index < -0.39 is 16.1 Å². The lowest BCUT2D eigenvalue weighted by molar-refractivity contribution is 0.146. The van der Waals surface area contributed by atoms with Crippen LogP contribution in [0.25, 0.3) is 0 Å². The van der Waals surface area contributed by atoms with Gasteiger partial charge in [-0.25, -0.2) is 8.42 Å². The third kappa shape index (κ3) is 4.75. The normalized spacial score (nSPS) is 13.4. The van der Waals surface area contributed by atoms with Crippen molar-refractivity contribution in [2.75, 3.05) is 33.9 Å². The van der Waals surface area contributed by atoms with Gasteiger partial charge in [0.2, 0.25) is 10.0 Å². The third-order valence-electron chi connectivity index (χ3n) is 2.61. The van der Waals surface area contributed by atoms with Gasteiger partial charge in [-0.3, -0.25) is 0 Å². The molecule has 20 heavy (non-hydrogen) atoms. The summed E-state index contributed by atoms with van der Waals surface area (Å²) in [5.74, 6) is 0.583. The number of methoxy groups -OCH3 is 1. The SMILES string of the molecule is COCCOc1ccc(S(=O)(=O)N(C)CC(C)O)cc1. The highest BCUT2D eigenvalue weighted by Gasteiger charge is 2.21. The van der Waals surface area contributed by atoms with Crippen LogP contribution in [0.3, 0.4) is 0 Å². The molecule has 0 amide bonds. The van der Waals surface area contributed by atoms with Gasteiger partial charge in [-0.05, 0) is 31.2 Å². The van der Waals surface area contributed by atoms with E-state index in [2.05, 4.69) is 0 Å². The first-order valence-corrected chi connectivity index (χ1v) is 7.68. The molecule has 0 spiro atoms. The molecule has 0 saturated carbocycles. The van der Waals surface area contributed by atoms with Crippen molar-refractivity contribution in [1.82, 2.24) is 4.31 Å². The molecule has 0 fully saturated rings. The van der Waals surface area contributed by atoms with Gasteiger partial charge >= 0.3 is 0 Å². The zero-order valence-corrected chi connectivity index (χ0v) is 12.8. The number of aliphatic hydroxyl groups excluding tert-OH is 1. The average molecular weight is 303 g/mol. The number of likely N-dealkylation sites (N-methyl/N-ethyl adjacent to an activating group) is 1. The molecule has 0 bridgehead atoms. The maximum absolute atomic E-state index is 12.2. The van der Waals surface area contributed by atoms with Crippen molar-refractivity contribution >= 4 is 10.0 Å². The number of benzene rings is 1. The molecule has 7 heteroatoms. The maximum Gasteiger partial charge on any atom is 0.242 e. The quantitative estimate of drug-likeness (QED) is 0.716. The molecule has 0 aromatic heterocycles. The Kier molecular flexibility index (Phi) is 6.41. The van der Waals surface area contributed by atoms with Gasteiger partial charge < -0.3 is 14.6 Å². The van der Waals surface area contributed by atoms with Crippen LogP contribution in [0, 0.1) is 0 Å². The summed E-state index contributed by atoms with van der Waals surface area (Å²) >= 11 is 0. The van der Waals surface area contributed by atoms with Gasteiger partial charge in [0.05, 0.1) is 17.6 Å². The molecule has 0 aliphatic rings. The second-order valence-electron chi connectivity index (χ2n) is 4.45. The second kappa shape index (κ2) is 7.58. The van der Waals surface area contributed by atoms with Gasteiger partial charge in [-0.15, -0.1) is 0 Å². The summed E-state index contributed by atoms with van der Waals surface area (Å²) in [4.78, 5) is 0.166. The van der Waals surface area contributed by atoms with Crippen LogP contribution < -0.4 is 4.74 Å². The van der Waals surface area contributed by atoms with Crippen molar-refractivity contribution in [2.45, 2.75) is 17.9 Å². The Labute approximate surface area is 120 Å². The molecular weight excluding hydrogens is 282 g/mol. The summed E-state index contributed by atoms with van der Waals surface area (Å²) < 4.78 is 35.7. The van der Waals surface area contributed by atoms with E-state index in [1.165, 1.54) is 19.2 Å². The van der Waals surface area contributed by atoms with E-state index in [-0.39, 0.29) is 11.4 Å². The van der Waals surface area contributed by atoms with Crippen molar-refractivity contribution in [3.63, 3.8) is 0 Å². The Bertz CT molecular complexity index is 498. The van der Waals surface area contributed by atoms with Crippen LogP contribution in [0.5, 0.6) is 5.75 Å². The molecule has 0 saturated heterocycles. The molecule has 0 aliphatic heterocycles. The molecular formula is C13H21NO5S. The third-order valence-corrected chi connectivity index (χ3v) is 4.45. The van der Waals surface area contributed by atoms with E-state index in [9.17, 15) is 13.5 Å². The molecule has 1 aromatic carbocycles. The summed E-state index contributed by atoms with van der Waals surface area (Å²) in [6, 6.07) is 6.16. The summed E-state index contributed by atoms with van der Waals surface area (Å²) in [6.45, 7) is 2.47. The van der Waals surface area contributed by atoms with Crippen molar-refractivity contribution in [3.8, 4) is 5.75 Å². The highest BCUT2D eigenvalue weighted by molar-refractivity contribution is 7.89. The monoisotopic (exact) mass is 303 g/mol. The Balaban J connectivity index is 2.76. The number of hydrogen-bond donors (Lipinski definition) is 1. The van der Waals surface area contributed by atoms with Gasteiger partial charge in [0.1, 0.15) is 12.4 Å². The molecule has 1 aromatic rings. The predicted molar refractivity (Wildman–Crippen MR) is 75.3 cm³/mol. The lowest BCUT2D eigenvalue weighted by Gasteiger charge is -2.18. The Morgan fingerprint density at radius 1 is 1.25 bits per heavy atom. The summed E-state index contributed by atoms with van der Waals surface area (Å²) in [6.07, 6.45) is -0.716. The van der Waals surface area contributed by atoms with Crippen LogP contribution in [0.15, 0.2) is 29.2 Å². The number of nitrogens with zero attached hydrogens (tertiary/aromatic N) is 1. The van der Waals surface area contributed by atoms with E-state index in [1.54, 1.807) is 26.2 Å². The topological polar surface area (TPSA) is 76.1 Å². The second-order valence-corrected chi connectivity index (χ2v) is 6.49. The fourth-order valence-electron chi connectivity index (χ4n) is 1.60. The van der Waals surface area contributed by atoms with E-state index in [0.29, 0.717) is 19.0 Å². The van der Waals surface area contributed by atoms with Gasteiger partial charge in [0.25, 0.3) is 0 Å². The van der Waals surface area contributed by atoms with Crippen molar-refractivity contribution < 1.29 is 23.0 Å². The van der Waals surface area contributed by atoms with Crippen LogP contribution >= 0.6 is 0 Å². The van der Waals surface area contributed by atoms with Gasteiger partial charge in [-0.1, -0.05) is 0 Å². The molecule has 114 valence electrons. The smallest absolute Gasteiger partial charge is 0.242 e. The molecule has 0 radical (unpaired) electrons. The minimum absolute atomic E-state index is 0.0500. The molecule has 1 unspecified atom stereocenters. The lowest BCUT2D eigenvalue weighted by Crippen LogP contribution is -2.33. The molecule has 0 heterocycles. The first-order chi connectivity index (χ1) is 9.37. The fraction of sp³-hybridized carbons (Fsp3) is 0.538.